The summed E-state index contributed by atoms with van der Waals surface area (Å²) in [4.78, 5) is 25.9. The smallest absolute Gasteiger partial charge is 0.269 e. The van der Waals surface area contributed by atoms with Crippen molar-refractivity contribution in [2.24, 2.45) is 0 Å². The van der Waals surface area contributed by atoms with Gasteiger partial charge in [0.05, 0.1) is 11.9 Å². The van der Waals surface area contributed by atoms with Crippen molar-refractivity contribution in [3.63, 3.8) is 0 Å². The SMILES string of the molecule is CN(C)c1cnn(CC(=O)c2ccccc2Br)c(=O)c1. The zero-order valence-electron chi connectivity index (χ0n) is 11.2. The average Bonchev–Trinajstić information content (AvgIpc) is 2.41. The van der Waals surface area contributed by atoms with Crippen molar-refractivity contribution in [1.29, 1.82) is 0 Å². The lowest BCUT2D eigenvalue weighted by Gasteiger charge is -2.12. The van der Waals surface area contributed by atoms with Crippen LogP contribution in [0.2, 0.25) is 0 Å². The van der Waals surface area contributed by atoms with Gasteiger partial charge in [-0.25, -0.2) is 4.68 Å². The summed E-state index contributed by atoms with van der Waals surface area (Å²) in [5, 5.41) is 4.02. The number of Topliss-reactive ketones (excluding diaryl/α,β-unsaturated/α-hetero) is 1. The Morgan fingerprint density at radius 2 is 2.05 bits per heavy atom. The second-order valence-electron chi connectivity index (χ2n) is 4.51. The number of rotatable bonds is 4. The third-order valence-electron chi connectivity index (χ3n) is 2.84. The quantitative estimate of drug-likeness (QED) is 0.801. The number of carbonyl (C=O) groups is 1. The second-order valence-corrected chi connectivity index (χ2v) is 5.36. The van der Waals surface area contributed by atoms with Crippen LogP contribution in [0.25, 0.3) is 0 Å². The summed E-state index contributed by atoms with van der Waals surface area (Å²) in [6, 6.07) is 8.57. The van der Waals surface area contributed by atoms with Gasteiger partial charge in [0.2, 0.25) is 0 Å². The molecule has 0 bridgehead atoms. The molecule has 2 aromatic rings. The van der Waals surface area contributed by atoms with Gasteiger partial charge in [0.1, 0.15) is 6.54 Å². The van der Waals surface area contributed by atoms with Crippen LogP contribution in [-0.4, -0.2) is 29.7 Å². The average molecular weight is 336 g/mol. The first kappa shape index (κ1) is 14.5. The third kappa shape index (κ3) is 3.14. The highest BCUT2D eigenvalue weighted by Gasteiger charge is 2.12. The van der Waals surface area contributed by atoms with Gasteiger partial charge in [-0.1, -0.05) is 34.1 Å². The zero-order chi connectivity index (χ0) is 14.7. The number of carbonyl (C=O) groups excluding carboxylic acids is 1. The van der Waals surface area contributed by atoms with Crippen molar-refractivity contribution < 1.29 is 4.79 Å². The molecule has 0 radical (unpaired) electrons. The first-order chi connectivity index (χ1) is 9.49. The minimum atomic E-state index is -0.295. The molecule has 0 amide bonds. The summed E-state index contributed by atoms with van der Waals surface area (Å²) >= 11 is 3.32. The van der Waals surface area contributed by atoms with Gasteiger partial charge in [0.15, 0.2) is 5.78 Å². The molecule has 6 heteroatoms. The zero-order valence-corrected chi connectivity index (χ0v) is 12.8. The fourth-order valence-corrected chi connectivity index (χ4v) is 2.20. The number of hydrogen-bond acceptors (Lipinski definition) is 4. The number of hydrogen-bond donors (Lipinski definition) is 0. The van der Waals surface area contributed by atoms with Gasteiger partial charge in [-0.05, 0) is 6.07 Å². The maximum absolute atomic E-state index is 12.2. The Morgan fingerprint density at radius 1 is 1.35 bits per heavy atom. The number of halogens is 1. The van der Waals surface area contributed by atoms with Gasteiger partial charge in [-0.15, -0.1) is 0 Å². The molecule has 20 heavy (non-hydrogen) atoms. The van der Waals surface area contributed by atoms with E-state index in [4.69, 9.17) is 0 Å². The van der Waals surface area contributed by atoms with E-state index in [1.807, 2.05) is 20.2 Å². The van der Waals surface area contributed by atoms with Crippen LogP contribution in [0.3, 0.4) is 0 Å². The largest absolute Gasteiger partial charge is 0.376 e. The van der Waals surface area contributed by atoms with Crippen molar-refractivity contribution in [2.45, 2.75) is 6.54 Å². The fourth-order valence-electron chi connectivity index (χ4n) is 1.70. The van der Waals surface area contributed by atoms with E-state index in [-0.39, 0.29) is 17.9 Å². The number of nitrogens with zero attached hydrogens (tertiary/aromatic N) is 3. The van der Waals surface area contributed by atoms with Gasteiger partial charge in [0, 0.05) is 30.2 Å². The predicted molar refractivity (Wildman–Crippen MR) is 81.3 cm³/mol. The van der Waals surface area contributed by atoms with Crippen LogP contribution in [0.1, 0.15) is 10.4 Å². The fraction of sp³-hybridized carbons (Fsp3) is 0.214. The number of anilines is 1. The van der Waals surface area contributed by atoms with E-state index in [0.717, 1.165) is 4.68 Å². The first-order valence-electron chi connectivity index (χ1n) is 6.01. The van der Waals surface area contributed by atoms with E-state index in [9.17, 15) is 9.59 Å². The molecule has 0 N–H and O–H groups in total. The highest BCUT2D eigenvalue weighted by Crippen LogP contribution is 2.16. The molecule has 0 unspecified atom stereocenters. The van der Waals surface area contributed by atoms with E-state index in [0.29, 0.717) is 15.7 Å². The minimum absolute atomic E-state index is 0.0743. The van der Waals surface area contributed by atoms with Gasteiger partial charge in [-0.2, -0.15) is 5.10 Å². The molecule has 1 aromatic heterocycles. The Labute approximate surface area is 125 Å². The first-order valence-corrected chi connectivity index (χ1v) is 6.80. The van der Waals surface area contributed by atoms with Crippen LogP contribution >= 0.6 is 15.9 Å². The lowest BCUT2D eigenvalue weighted by atomic mass is 10.1. The van der Waals surface area contributed by atoms with Crippen molar-refractivity contribution in [3.05, 3.63) is 56.9 Å². The monoisotopic (exact) mass is 335 g/mol. The summed E-state index contributed by atoms with van der Waals surface area (Å²) in [6.45, 7) is -0.0743. The van der Waals surface area contributed by atoms with Crippen LogP contribution in [0.15, 0.2) is 45.8 Å². The van der Waals surface area contributed by atoms with Crippen molar-refractivity contribution in [1.82, 2.24) is 9.78 Å². The van der Waals surface area contributed by atoms with Crippen LogP contribution in [0, 0.1) is 0 Å². The number of aromatic nitrogens is 2. The molecular formula is C14H14BrN3O2. The predicted octanol–water partition coefficient (Wildman–Crippen LogP) is 1.95. The lowest BCUT2D eigenvalue weighted by molar-refractivity contribution is 0.0965. The molecule has 1 heterocycles. The molecule has 0 aliphatic rings. The third-order valence-corrected chi connectivity index (χ3v) is 3.53. The molecule has 2 rings (SSSR count). The molecule has 0 aliphatic heterocycles. The molecule has 0 spiro atoms. The van der Waals surface area contributed by atoms with Crippen LogP contribution in [-0.2, 0) is 6.54 Å². The Bertz CT molecular complexity index is 695. The molecule has 0 aliphatic carbocycles. The van der Waals surface area contributed by atoms with E-state index < -0.39 is 0 Å². The standard InChI is InChI=1S/C14H14BrN3O2/c1-17(2)10-7-14(20)18(16-8-10)9-13(19)11-5-3-4-6-12(11)15/h3-8H,9H2,1-2H3. The maximum Gasteiger partial charge on any atom is 0.269 e. The summed E-state index contributed by atoms with van der Waals surface area (Å²) in [5.41, 5.74) is 0.953. The van der Waals surface area contributed by atoms with E-state index in [1.54, 1.807) is 29.3 Å². The van der Waals surface area contributed by atoms with Crippen molar-refractivity contribution >= 4 is 27.4 Å². The molecule has 0 saturated carbocycles. The van der Waals surface area contributed by atoms with Crippen LogP contribution < -0.4 is 10.5 Å². The number of benzene rings is 1. The Morgan fingerprint density at radius 3 is 2.65 bits per heavy atom. The maximum atomic E-state index is 12.2. The summed E-state index contributed by atoms with van der Waals surface area (Å²) < 4.78 is 1.87. The normalized spacial score (nSPS) is 10.3. The highest BCUT2D eigenvalue weighted by molar-refractivity contribution is 9.10. The molecular weight excluding hydrogens is 322 g/mol. The molecule has 0 saturated heterocycles. The summed E-state index contributed by atoms with van der Waals surface area (Å²) in [7, 11) is 3.65. The molecule has 0 fully saturated rings. The van der Waals surface area contributed by atoms with Crippen molar-refractivity contribution in [3.8, 4) is 0 Å². The lowest BCUT2D eigenvalue weighted by Crippen LogP contribution is -2.27. The van der Waals surface area contributed by atoms with Gasteiger partial charge in [-0.3, -0.25) is 9.59 Å². The minimum Gasteiger partial charge on any atom is -0.376 e. The van der Waals surface area contributed by atoms with Gasteiger partial charge < -0.3 is 4.90 Å². The molecule has 104 valence electrons. The van der Waals surface area contributed by atoms with E-state index in [2.05, 4.69) is 21.0 Å². The van der Waals surface area contributed by atoms with Crippen LogP contribution in [0.4, 0.5) is 5.69 Å². The molecule has 1 aromatic carbocycles. The summed E-state index contributed by atoms with van der Waals surface area (Å²) in [6.07, 6.45) is 1.56. The van der Waals surface area contributed by atoms with Crippen molar-refractivity contribution in [2.75, 3.05) is 19.0 Å². The van der Waals surface area contributed by atoms with Gasteiger partial charge >= 0.3 is 0 Å². The summed E-state index contributed by atoms with van der Waals surface area (Å²) in [5.74, 6) is -0.162. The second kappa shape index (κ2) is 6.00. The highest BCUT2D eigenvalue weighted by atomic mass is 79.9. The van der Waals surface area contributed by atoms with Crippen LogP contribution in [0.5, 0.6) is 0 Å². The Hall–Kier alpha value is -1.95. The van der Waals surface area contributed by atoms with Gasteiger partial charge in [0.25, 0.3) is 5.56 Å². The Kier molecular flexibility index (Phi) is 4.34. The number of ketones is 1. The topological polar surface area (TPSA) is 55.2 Å². The molecule has 0 atom stereocenters. The molecule has 5 nitrogen and oxygen atoms in total. The Balaban J connectivity index is 2.25. The van der Waals surface area contributed by atoms with E-state index >= 15 is 0 Å². The van der Waals surface area contributed by atoms with E-state index in [1.165, 1.54) is 6.07 Å².